The molecule has 5 heteroatoms. The Morgan fingerprint density at radius 3 is 2.21 bits per heavy atom. The normalized spacial score (nSPS) is 22.6. The van der Waals surface area contributed by atoms with Crippen LogP contribution in [0, 0.1) is 5.92 Å². The van der Waals surface area contributed by atoms with Crippen molar-refractivity contribution in [2.24, 2.45) is 11.7 Å². The van der Waals surface area contributed by atoms with E-state index in [1.54, 1.807) is 0 Å². The largest absolute Gasteiger partial charge is 0.413 e. The number of rotatable bonds is 3. The highest BCUT2D eigenvalue weighted by molar-refractivity contribution is 5.88. The molecule has 1 saturated carbocycles. The first-order valence-corrected chi connectivity index (χ1v) is 4.64. The van der Waals surface area contributed by atoms with Crippen LogP contribution in [0.25, 0.3) is 0 Å². The molecule has 0 saturated heterocycles. The van der Waals surface area contributed by atoms with E-state index < -0.39 is 17.5 Å². The molecule has 1 aliphatic rings. The zero-order valence-electron chi connectivity index (χ0n) is 8.03. The molecule has 2 N–H and O–H groups in total. The van der Waals surface area contributed by atoms with Crippen molar-refractivity contribution in [3.63, 3.8) is 0 Å². The molecule has 0 heterocycles. The minimum atomic E-state index is -4.65. The Morgan fingerprint density at radius 2 is 1.93 bits per heavy atom. The highest BCUT2D eigenvalue weighted by Gasteiger charge is 2.53. The molecule has 2 nitrogen and oxygen atoms in total. The van der Waals surface area contributed by atoms with Crippen molar-refractivity contribution in [1.29, 1.82) is 0 Å². The van der Waals surface area contributed by atoms with Crippen LogP contribution >= 0.6 is 0 Å². The van der Waals surface area contributed by atoms with Crippen molar-refractivity contribution < 1.29 is 18.0 Å². The lowest BCUT2D eigenvalue weighted by Gasteiger charge is -2.30. The van der Waals surface area contributed by atoms with E-state index in [4.69, 9.17) is 5.73 Å². The SMILES string of the molecule is CC(N)(C(=O)CC1CCC1)C(F)(F)F. The lowest BCUT2D eigenvalue weighted by molar-refractivity contribution is -0.186. The molecular formula is C9H14F3NO. The second kappa shape index (κ2) is 3.53. The quantitative estimate of drug-likeness (QED) is 0.772. The fourth-order valence-corrected chi connectivity index (χ4v) is 1.33. The van der Waals surface area contributed by atoms with E-state index in [1.807, 2.05) is 0 Å². The van der Waals surface area contributed by atoms with Crippen LogP contribution in [0.1, 0.15) is 32.6 Å². The van der Waals surface area contributed by atoms with Crippen molar-refractivity contribution in [1.82, 2.24) is 0 Å². The van der Waals surface area contributed by atoms with Gasteiger partial charge in [-0.2, -0.15) is 13.2 Å². The summed E-state index contributed by atoms with van der Waals surface area (Å²) in [4.78, 5) is 11.3. The third kappa shape index (κ3) is 2.08. The van der Waals surface area contributed by atoms with E-state index in [0.717, 1.165) is 26.2 Å². The average molecular weight is 209 g/mol. The zero-order valence-corrected chi connectivity index (χ0v) is 8.03. The molecule has 14 heavy (non-hydrogen) atoms. The number of alkyl halides is 3. The maximum atomic E-state index is 12.3. The van der Waals surface area contributed by atoms with Crippen LogP contribution in [0.3, 0.4) is 0 Å². The van der Waals surface area contributed by atoms with E-state index in [9.17, 15) is 18.0 Å². The summed E-state index contributed by atoms with van der Waals surface area (Å²) in [6, 6.07) is 0. The second-order valence-corrected chi connectivity index (χ2v) is 4.12. The molecule has 0 amide bonds. The number of hydrogen-bond donors (Lipinski definition) is 1. The molecule has 1 atom stereocenters. The summed E-state index contributed by atoms with van der Waals surface area (Å²) in [6.07, 6.45) is -1.98. The molecule has 0 aromatic heterocycles. The highest BCUT2D eigenvalue weighted by Crippen LogP contribution is 2.35. The molecule has 0 spiro atoms. The van der Waals surface area contributed by atoms with E-state index in [1.165, 1.54) is 0 Å². The lowest BCUT2D eigenvalue weighted by Crippen LogP contribution is -2.57. The Hall–Kier alpha value is -0.580. The van der Waals surface area contributed by atoms with Crippen molar-refractivity contribution in [3.05, 3.63) is 0 Å². The fourth-order valence-electron chi connectivity index (χ4n) is 1.33. The van der Waals surface area contributed by atoms with Crippen LogP contribution in [0.4, 0.5) is 13.2 Å². The summed E-state index contributed by atoms with van der Waals surface area (Å²) in [6.45, 7) is 0.744. The predicted molar refractivity (Wildman–Crippen MR) is 45.6 cm³/mol. The zero-order chi connectivity index (χ0) is 11.0. The molecule has 1 aliphatic carbocycles. The molecule has 1 fully saturated rings. The van der Waals surface area contributed by atoms with Crippen molar-refractivity contribution in [2.45, 2.75) is 44.3 Å². The highest BCUT2D eigenvalue weighted by atomic mass is 19.4. The van der Waals surface area contributed by atoms with Gasteiger partial charge in [0.25, 0.3) is 0 Å². The number of halogens is 3. The smallest absolute Gasteiger partial charge is 0.312 e. The number of hydrogen-bond acceptors (Lipinski definition) is 2. The summed E-state index contributed by atoms with van der Waals surface area (Å²) in [5.74, 6) is -0.776. The number of carbonyl (C=O) groups is 1. The Balaban J connectivity index is 2.57. The Bertz CT molecular complexity index is 231. The van der Waals surface area contributed by atoms with Gasteiger partial charge in [-0.25, -0.2) is 0 Å². The minimum Gasteiger partial charge on any atom is -0.312 e. The topological polar surface area (TPSA) is 43.1 Å². The van der Waals surface area contributed by atoms with E-state index in [2.05, 4.69) is 0 Å². The third-order valence-corrected chi connectivity index (χ3v) is 2.87. The summed E-state index contributed by atoms with van der Waals surface area (Å²) in [7, 11) is 0. The van der Waals surface area contributed by atoms with Crippen LogP contribution in [0.15, 0.2) is 0 Å². The number of carbonyl (C=O) groups excluding carboxylic acids is 1. The van der Waals surface area contributed by atoms with Gasteiger partial charge in [0.05, 0.1) is 0 Å². The predicted octanol–water partition coefficient (Wildman–Crippen LogP) is 2.03. The van der Waals surface area contributed by atoms with Gasteiger partial charge in [-0.1, -0.05) is 19.3 Å². The van der Waals surface area contributed by atoms with Gasteiger partial charge in [0.15, 0.2) is 11.3 Å². The van der Waals surface area contributed by atoms with Crippen LogP contribution < -0.4 is 5.73 Å². The number of ketones is 1. The minimum absolute atomic E-state index is 0.0352. The second-order valence-electron chi connectivity index (χ2n) is 4.12. The molecule has 0 aromatic rings. The Kier molecular flexibility index (Phi) is 2.90. The van der Waals surface area contributed by atoms with Crippen LogP contribution in [0.2, 0.25) is 0 Å². The summed E-state index contributed by atoms with van der Waals surface area (Å²) >= 11 is 0. The van der Waals surface area contributed by atoms with Gasteiger partial charge in [-0.3, -0.25) is 4.79 Å². The molecular weight excluding hydrogens is 195 g/mol. The Morgan fingerprint density at radius 1 is 1.43 bits per heavy atom. The summed E-state index contributed by atoms with van der Waals surface area (Å²) in [5, 5.41) is 0. The maximum absolute atomic E-state index is 12.3. The van der Waals surface area contributed by atoms with Crippen molar-refractivity contribution in [2.75, 3.05) is 0 Å². The van der Waals surface area contributed by atoms with Gasteiger partial charge in [-0.15, -0.1) is 0 Å². The fraction of sp³-hybridized carbons (Fsp3) is 0.889. The lowest BCUT2D eigenvalue weighted by atomic mass is 9.78. The van der Waals surface area contributed by atoms with E-state index in [-0.39, 0.29) is 12.3 Å². The van der Waals surface area contributed by atoms with Crippen LogP contribution in [-0.2, 0) is 4.79 Å². The van der Waals surface area contributed by atoms with Gasteiger partial charge in [0, 0.05) is 6.42 Å². The first kappa shape index (κ1) is 11.5. The average Bonchev–Trinajstić information content (AvgIpc) is 1.93. The van der Waals surface area contributed by atoms with Gasteiger partial charge >= 0.3 is 6.18 Å². The first-order valence-electron chi connectivity index (χ1n) is 4.64. The molecule has 0 bridgehead atoms. The molecule has 1 rings (SSSR count). The van der Waals surface area contributed by atoms with E-state index >= 15 is 0 Å². The van der Waals surface area contributed by atoms with Crippen LogP contribution in [0.5, 0.6) is 0 Å². The molecule has 0 radical (unpaired) electrons. The van der Waals surface area contributed by atoms with E-state index in [0.29, 0.717) is 0 Å². The molecule has 0 aliphatic heterocycles. The number of nitrogens with two attached hydrogens (primary N) is 1. The van der Waals surface area contributed by atoms with Crippen molar-refractivity contribution in [3.8, 4) is 0 Å². The monoisotopic (exact) mass is 209 g/mol. The Labute approximate surface area is 80.7 Å². The number of Topliss-reactive ketones (excluding diaryl/α,β-unsaturated/α-hetero) is 1. The molecule has 0 aromatic carbocycles. The molecule has 1 unspecified atom stereocenters. The summed E-state index contributed by atoms with van der Waals surface area (Å²) < 4.78 is 36.9. The first-order chi connectivity index (χ1) is 6.25. The van der Waals surface area contributed by atoms with Gasteiger partial charge < -0.3 is 5.73 Å². The molecule has 82 valence electrons. The van der Waals surface area contributed by atoms with Crippen LogP contribution in [-0.4, -0.2) is 17.5 Å². The third-order valence-electron chi connectivity index (χ3n) is 2.87. The maximum Gasteiger partial charge on any atom is 0.413 e. The summed E-state index contributed by atoms with van der Waals surface area (Å²) in [5.41, 5.74) is 2.31. The van der Waals surface area contributed by atoms with Gasteiger partial charge in [0.2, 0.25) is 0 Å². The van der Waals surface area contributed by atoms with Gasteiger partial charge in [0.1, 0.15) is 0 Å². The van der Waals surface area contributed by atoms with Gasteiger partial charge in [-0.05, 0) is 12.8 Å². The standard InChI is InChI=1S/C9H14F3NO/c1-8(13,9(10,11)12)7(14)5-6-3-2-4-6/h6H,2-5,13H2,1H3. The van der Waals surface area contributed by atoms with Crippen molar-refractivity contribution >= 4 is 5.78 Å².